The maximum absolute atomic E-state index is 13.6. The minimum Gasteiger partial charge on any atom is -0.352 e. The van der Waals surface area contributed by atoms with E-state index in [9.17, 15) is 18.0 Å². The van der Waals surface area contributed by atoms with Crippen LogP contribution < -0.4 is 9.62 Å². The molecule has 9 heteroatoms. The summed E-state index contributed by atoms with van der Waals surface area (Å²) in [6.45, 7) is 7.42. The molecule has 0 aliphatic rings. The lowest BCUT2D eigenvalue weighted by atomic mass is 10.1. The molecule has 2 atom stereocenters. The number of hydrogen-bond donors (Lipinski definition) is 1. The van der Waals surface area contributed by atoms with E-state index in [0.717, 1.165) is 28.1 Å². The summed E-state index contributed by atoms with van der Waals surface area (Å²) >= 11 is 5.95. The van der Waals surface area contributed by atoms with Crippen LogP contribution in [0.1, 0.15) is 44.7 Å². The Balaban J connectivity index is 2.43. The molecule has 0 heterocycles. The van der Waals surface area contributed by atoms with Crippen molar-refractivity contribution in [1.29, 1.82) is 0 Å². The Morgan fingerprint density at radius 1 is 1.06 bits per heavy atom. The highest BCUT2D eigenvalue weighted by Gasteiger charge is 2.32. The molecule has 0 fully saturated rings. The molecule has 186 valence electrons. The molecule has 7 nitrogen and oxygen atoms in total. The van der Waals surface area contributed by atoms with Gasteiger partial charge in [0, 0.05) is 17.6 Å². The first-order chi connectivity index (χ1) is 16.0. The standard InChI is InChI=1S/C25H34ClN3O4S/c1-6-19(4)27-25(31)23(7-2)28(16-20-10-8-9-18(3)15-20)24(30)17-29(34(5,32)33)22-13-11-21(26)12-14-22/h8-15,19,23H,6-7,16-17H2,1-5H3,(H,27,31)/t19-,23+/m1/s1. The SMILES string of the molecule is CC[C@@H](C)NC(=O)[C@H](CC)N(Cc1cccc(C)c1)C(=O)CN(c1ccc(Cl)cc1)S(C)(=O)=O. The van der Waals surface area contributed by atoms with Crippen LogP contribution >= 0.6 is 11.6 Å². The van der Waals surface area contributed by atoms with E-state index in [-0.39, 0.29) is 18.5 Å². The number of aryl methyl sites for hydroxylation is 1. The minimum absolute atomic E-state index is 0.0425. The number of hydrogen-bond acceptors (Lipinski definition) is 4. The van der Waals surface area contributed by atoms with E-state index in [1.54, 1.807) is 24.3 Å². The first-order valence-electron chi connectivity index (χ1n) is 11.3. The molecular weight excluding hydrogens is 474 g/mol. The maximum atomic E-state index is 13.6. The third-order valence-corrected chi connectivity index (χ3v) is 7.01. The Bertz CT molecular complexity index is 1090. The summed E-state index contributed by atoms with van der Waals surface area (Å²) in [6.07, 6.45) is 2.19. The van der Waals surface area contributed by atoms with E-state index in [1.165, 1.54) is 4.90 Å². The Morgan fingerprint density at radius 3 is 2.24 bits per heavy atom. The molecule has 2 amide bonds. The van der Waals surface area contributed by atoms with Gasteiger partial charge in [-0.1, -0.05) is 55.3 Å². The van der Waals surface area contributed by atoms with E-state index >= 15 is 0 Å². The summed E-state index contributed by atoms with van der Waals surface area (Å²) in [4.78, 5) is 28.2. The lowest BCUT2D eigenvalue weighted by molar-refractivity contribution is -0.140. The smallest absolute Gasteiger partial charge is 0.244 e. The third-order valence-electron chi connectivity index (χ3n) is 5.62. The van der Waals surface area contributed by atoms with Crippen LogP contribution in [0.5, 0.6) is 0 Å². The number of anilines is 1. The van der Waals surface area contributed by atoms with Crippen molar-refractivity contribution >= 4 is 39.1 Å². The number of sulfonamides is 1. The maximum Gasteiger partial charge on any atom is 0.244 e. The lowest BCUT2D eigenvalue weighted by Crippen LogP contribution is -2.53. The van der Waals surface area contributed by atoms with Crippen LogP contribution in [-0.2, 0) is 26.2 Å². The molecule has 34 heavy (non-hydrogen) atoms. The van der Waals surface area contributed by atoms with E-state index in [4.69, 9.17) is 11.6 Å². The molecule has 2 aromatic carbocycles. The zero-order valence-corrected chi connectivity index (χ0v) is 22.0. The molecule has 0 saturated heterocycles. The van der Waals surface area contributed by atoms with Gasteiger partial charge in [-0.15, -0.1) is 0 Å². The van der Waals surface area contributed by atoms with Gasteiger partial charge in [0.1, 0.15) is 12.6 Å². The summed E-state index contributed by atoms with van der Waals surface area (Å²) < 4.78 is 26.2. The second-order valence-electron chi connectivity index (χ2n) is 8.50. The van der Waals surface area contributed by atoms with E-state index in [0.29, 0.717) is 17.1 Å². The quantitative estimate of drug-likeness (QED) is 0.495. The highest BCUT2D eigenvalue weighted by molar-refractivity contribution is 7.92. The van der Waals surface area contributed by atoms with Crippen LogP contribution in [0.3, 0.4) is 0 Å². The third kappa shape index (κ3) is 7.74. The van der Waals surface area contributed by atoms with Crippen molar-refractivity contribution in [2.45, 2.75) is 59.2 Å². The summed E-state index contributed by atoms with van der Waals surface area (Å²) in [5.74, 6) is -0.719. The van der Waals surface area contributed by atoms with Crippen molar-refractivity contribution in [2.75, 3.05) is 17.1 Å². The van der Waals surface area contributed by atoms with Gasteiger partial charge in [-0.2, -0.15) is 0 Å². The molecule has 0 aliphatic carbocycles. The van der Waals surface area contributed by atoms with Gasteiger partial charge in [0.25, 0.3) is 0 Å². The van der Waals surface area contributed by atoms with Gasteiger partial charge in [0.2, 0.25) is 21.8 Å². The van der Waals surface area contributed by atoms with Crippen LogP contribution in [-0.4, -0.2) is 50.0 Å². The van der Waals surface area contributed by atoms with Gasteiger partial charge in [0.05, 0.1) is 11.9 Å². The average molecular weight is 508 g/mol. The Labute approximate surface area is 208 Å². The molecular formula is C25H34ClN3O4S. The monoisotopic (exact) mass is 507 g/mol. The van der Waals surface area contributed by atoms with Gasteiger partial charge in [-0.25, -0.2) is 8.42 Å². The molecule has 2 aromatic rings. The number of carbonyl (C=O) groups excluding carboxylic acids is 2. The summed E-state index contributed by atoms with van der Waals surface area (Å²) in [5, 5.41) is 3.41. The van der Waals surface area contributed by atoms with E-state index in [1.807, 2.05) is 52.0 Å². The van der Waals surface area contributed by atoms with Crippen LogP contribution in [0.25, 0.3) is 0 Å². The summed E-state index contributed by atoms with van der Waals surface area (Å²) in [6, 6.07) is 13.1. The van der Waals surface area contributed by atoms with Gasteiger partial charge in [-0.3, -0.25) is 13.9 Å². The normalized spacial score (nSPS) is 13.1. The van der Waals surface area contributed by atoms with E-state index in [2.05, 4.69) is 5.32 Å². The molecule has 0 bridgehead atoms. The fraction of sp³-hybridized carbons (Fsp3) is 0.440. The Kier molecular flexibility index (Phi) is 9.94. The molecule has 2 rings (SSSR count). The Morgan fingerprint density at radius 2 is 1.71 bits per heavy atom. The second-order valence-corrected chi connectivity index (χ2v) is 10.8. The molecule has 0 saturated carbocycles. The molecule has 1 N–H and O–H groups in total. The number of rotatable bonds is 11. The molecule has 0 aromatic heterocycles. The van der Waals surface area contributed by atoms with Gasteiger partial charge in [-0.05, 0) is 56.5 Å². The van der Waals surface area contributed by atoms with Gasteiger partial charge < -0.3 is 10.2 Å². The number of nitrogens with one attached hydrogen (secondary N) is 1. The highest BCUT2D eigenvalue weighted by atomic mass is 35.5. The number of benzene rings is 2. The molecule has 0 aliphatic heterocycles. The topological polar surface area (TPSA) is 86.8 Å². The predicted octanol–water partition coefficient (Wildman–Crippen LogP) is 4.14. The fourth-order valence-electron chi connectivity index (χ4n) is 3.59. The zero-order valence-electron chi connectivity index (χ0n) is 20.4. The minimum atomic E-state index is -3.77. The molecule has 0 spiro atoms. The average Bonchev–Trinajstić information content (AvgIpc) is 2.77. The van der Waals surface area contributed by atoms with E-state index < -0.39 is 28.5 Å². The van der Waals surface area contributed by atoms with Crippen molar-refractivity contribution in [3.8, 4) is 0 Å². The first kappa shape index (κ1) is 27.7. The lowest BCUT2D eigenvalue weighted by Gasteiger charge is -2.33. The van der Waals surface area contributed by atoms with Crippen LogP contribution in [0.15, 0.2) is 48.5 Å². The predicted molar refractivity (Wildman–Crippen MR) is 137 cm³/mol. The summed E-state index contributed by atoms with van der Waals surface area (Å²) in [5.41, 5.74) is 2.22. The summed E-state index contributed by atoms with van der Waals surface area (Å²) in [7, 11) is -3.77. The first-order valence-corrected chi connectivity index (χ1v) is 13.6. The van der Waals surface area contributed by atoms with Gasteiger partial charge >= 0.3 is 0 Å². The van der Waals surface area contributed by atoms with Crippen molar-refractivity contribution in [1.82, 2.24) is 10.2 Å². The largest absolute Gasteiger partial charge is 0.352 e. The Hall–Kier alpha value is -2.58. The van der Waals surface area contributed by atoms with Crippen molar-refractivity contribution in [2.24, 2.45) is 0 Å². The molecule has 0 unspecified atom stereocenters. The van der Waals surface area contributed by atoms with Crippen molar-refractivity contribution in [3.63, 3.8) is 0 Å². The highest BCUT2D eigenvalue weighted by Crippen LogP contribution is 2.22. The number of amides is 2. The van der Waals surface area contributed by atoms with Crippen LogP contribution in [0.4, 0.5) is 5.69 Å². The second kappa shape index (κ2) is 12.2. The van der Waals surface area contributed by atoms with Gasteiger partial charge in [0.15, 0.2) is 0 Å². The fourth-order valence-corrected chi connectivity index (χ4v) is 4.56. The van der Waals surface area contributed by atoms with Crippen LogP contribution in [0, 0.1) is 6.92 Å². The van der Waals surface area contributed by atoms with Crippen molar-refractivity contribution < 1.29 is 18.0 Å². The number of carbonyl (C=O) groups is 2. The number of halogens is 1. The zero-order chi connectivity index (χ0) is 25.5. The van der Waals surface area contributed by atoms with Crippen LogP contribution in [0.2, 0.25) is 5.02 Å². The molecule has 0 radical (unpaired) electrons. The van der Waals surface area contributed by atoms with Crippen molar-refractivity contribution in [3.05, 3.63) is 64.7 Å². The number of nitrogens with zero attached hydrogens (tertiary/aromatic N) is 2.